The number of aliphatic hydroxyl groups is 1. The maximum Gasteiger partial charge on any atom is 0.0573 e. The predicted molar refractivity (Wildman–Crippen MR) is 86.5 cm³/mol. The monoisotopic (exact) mass is 278 g/mol. The molecule has 0 spiro atoms. The highest BCUT2D eigenvalue weighted by Gasteiger charge is 2.51. The van der Waals surface area contributed by atoms with Gasteiger partial charge in [0.05, 0.1) is 6.10 Å². The summed E-state index contributed by atoms with van der Waals surface area (Å²) >= 11 is 0. The van der Waals surface area contributed by atoms with Crippen LogP contribution in [0.4, 0.5) is 0 Å². The van der Waals surface area contributed by atoms with Crippen molar-refractivity contribution in [2.75, 3.05) is 0 Å². The highest BCUT2D eigenvalue weighted by molar-refractivity contribution is 5.05. The lowest BCUT2D eigenvalue weighted by molar-refractivity contribution is -0.0231. The maximum absolute atomic E-state index is 10.3. The second kappa shape index (κ2) is 6.22. The Morgan fingerprint density at radius 3 is 2.40 bits per heavy atom. The molecule has 20 heavy (non-hydrogen) atoms. The van der Waals surface area contributed by atoms with Crippen molar-refractivity contribution in [2.45, 2.75) is 72.8 Å². The molecule has 1 unspecified atom stereocenters. The Labute approximate surface area is 125 Å². The van der Waals surface area contributed by atoms with Crippen molar-refractivity contribution in [3.05, 3.63) is 12.2 Å². The molecule has 0 bridgehead atoms. The Morgan fingerprint density at radius 2 is 1.75 bits per heavy atom. The van der Waals surface area contributed by atoms with Crippen LogP contribution in [0.25, 0.3) is 0 Å². The highest BCUT2D eigenvalue weighted by atomic mass is 16.3. The molecule has 0 aromatic heterocycles. The van der Waals surface area contributed by atoms with E-state index in [2.05, 4.69) is 46.8 Å². The van der Waals surface area contributed by atoms with E-state index in [4.69, 9.17) is 0 Å². The molecule has 0 radical (unpaired) electrons. The van der Waals surface area contributed by atoms with E-state index in [1.165, 1.54) is 25.7 Å². The summed E-state index contributed by atoms with van der Waals surface area (Å²) in [5.74, 6) is 3.36. The zero-order valence-electron chi connectivity index (χ0n) is 14.1. The number of aliphatic hydroxyl groups excluding tert-OH is 1. The average Bonchev–Trinajstić information content (AvgIpc) is 2.74. The normalized spacial score (nSPS) is 41.0. The molecule has 0 aromatic rings. The first kappa shape index (κ1) is 16.1. The third kappa shape index (κ3) is 2.98. The average molecular weight is 278 g/mol. The summed E-state index contributed by atoms with van der Waals surface area (Å²) in [6.07, 6.45) is 10.9. The van der Waals surface area contributed by atoms with Crippen LogP contribution in [0, 0.1) is 35.0 Å². The molecule has 6 atom stereocenters. The zero-order valence-corrected chi connectivity index (χ0v) is 14.1. The van der Waals surface area contributed by atoms with Crippen LogP contribution in [0.5, 0.6) is 0 Å². The van der Waals surface area contributed by atoms with Crippen molar-refractivity contribution in [3.8, 4) is 0 Å². The van der Waals surface area contributed by atoms with Crippen LogP contribution >= 0.6 is 0 Å². The van der Waals surface area contributed by atoms with Crippen LogP contribution < -0.4 is 0 Å². The van der Waals surface area contributed by atoms with E-state index in [-0.39, 0.29) is 6.10 Å². The van der Waals surface area contributed by atoms with Gasteiger partial charge >= 0.3 is 0 Å². The van der Waals surface area contributed by atoms with E-state index >= 15 is 0 Å². The molecule has 0 heterocycles. The largest absolute Gasteiger partial charge is 0.393 e. The van der Waals surface area contributed by atoms with Gasteiger partial charge in [-0.05, 0) is 60.7 Å². The molecule has 0 aromatic carbocycles. The third-order valence-corrected chi connectivity index (χ3v) is 6.57. The second-order valence-corrected chi connectivity index (χ2v) is 8.10. The molecule has 2 aliphatic carbocycles. The molecule has 1 heteroatoms. The summed E-state index contributed by atoms with van der Waals surface area (Å²) in [6.45, 7) is 11.8. The molecule has 2 saturated carbocycles. The molecule has 0 saturated heterocycles. The van der Waals surface area contributed by atoms with Crippen LogP contribution in [-0.4, -0.2) is 11.2 Å². The summed E-state index contributed by atoms with van der Waals surface area (Å²) in [7, 11) is 0. The van der Waals surface area contributed by atoms with Gasteiger partial charge in [0.15, 0.2) is 0 Å². The molecular weight excluding hydrogens is 244 g/mol. The van der Waals surface area contributed by atoms with Crippen molar-refractivity contribution < 1.29 is 5.11 Å². The fourth-order valence-corrected chi connectivity index (χ4v) is 4.76. The van der Waals surface area contributed by atoms with Crippen LogP contribution in [0.3, 0.4) is 0 Å². The number of hydrogen-bond acceptors (Lipinski definition) is 1. The number of allylic oxidation sites excluding steroid dienone is 2. The fourth-order valence-electron chi connectivity index (χ4n) is 4.76. The van der Waals surface area contributed by atoms with Crippen molar-refractivity contribution in [2.24, 2.45) is 35.0 Å². The lowest BCUT2D eigenvalue weighted by Crippen LogP contribution is -2.41. The maximum atomic E-state index is 10.3. The summed E-state index contributed by atoms with van der Waals surface area (Å²) in [4.78, 5) is 0. The summed E-state index contributed by atoms with van der Waals surface area (Å²) in [5.41, 5.74) is 0.377. The summed E-state index contributed by atoms with van der Waals surface area (Å²) < 4.78 is 0. The van der Waals surface area contributed by atoms with E-state index in [0.29, 0.717) is 23.2 Å². The van der Waals surface area contributed by atoms with E-state index in [1.54, 1.807) is 0 Å². The molecule has 1 nitrogen and oxygen atoms in total. The lowest BCUT2D eigenvalue weighted by Gasteiger charge is -2.44. The molecular formula is C19H34O. The molecule has 0 amide bonds. The van der Waals surface area contributed by atoms with E-state index in [0.717, 1.165) is 18.3 Å². The smallest absolute Gasteiger partial charge is 0.0573 e. The minimum Gasteiger partial charge on any atom is -0.393 e. The molecule has 1 N–H and O–H groups in total. The van der Waals surface area contributed by atoms with Crippen molar-refractivity contribution in [1.82, 2.24) is 0 Å². The van der Waals surface area contributed by atoms with Crippen LogP contribution in [0.2, 0.25) is 0 Å². The second-order valence-electron chi connectivity index (χ2n) is 8.10. The van der Waals surface area contributed by atoms with Crippen molar-refractivity contribution in [3.63, 3.8) is 0 Å². The number of rotatable bonds is 4. The van der Waals surface area contributed by atoms with Crippen molar-refractivity contribution >= 4 is 0 Å². The first-order chi connectivity index (χ1) is 9.36. The van der Waals surface area contributed by atoms with Gasteiger partial charge in [0.25, 0.3) is 0 Å². The molecule has 0 aliphatic heterocycles. The first-order valence-electron chi connectivity index (χ1n) is 8.72. The Bertz CT molecular complexity index is 346. The van der Waals surface area contributed by atoms with E-state index < -0.39 is 0 Å². The van der Waals surface area contributed by atoms with Gasteiger partial charge in [-0.25, -0.2) is 0 Å². The van der Waals surface area contributed by atoms with Gasteiger partial charge in [-0.3, -0.25) is 0 Å². The quantitative estimate of drug-likeness (QED) is 0.714. The van der Waals surface area contributed by atoms with Gasteiger partial charge < -0.3 is 5.11 Å². The third-order valence-electron chi connectivity index (χ3n) is 6.57. The Kier molecular flexibility index (Phi) is 5.00. The standard InChI is InChI=1S/C19H34O/c1-13(2)14(3)8-9-15(4)16-10-11-17-18(20)7-6-12-19(16,17)5/h8-9,13-18,20H,6-7,10-12H2,1-5H3/t14-,15+,16?,17-,18-,19+/m0/s1. The molecule has 2 fully saturated rings. The van der Waals surface area contributed by atoms with E-state index in [9.17, 15) is 5.11 Å². The molecule has 2 rings (SSSR count). The van der Waals surface area contributed by atoms with Crippen LogP contribution in [-0.2, 0) is 0 Å². The van der Waals surface area contributed by atoms with Crippen LogP contribution in [0.15, 0.2) is 12.2 Å². The van der Waals surface area contributed by atoms with Crippen molar-refractivity contribution in [1.29, 1.82) is 0 Å². The summed E-state index contributed by atoms with van der Waals surface area (Å²) in [5, 5.41) is 10.3. The lowest BCUT2D eigenvalue weighted by atomic mass is 9.62. The zero-order chi connectivity index (χ0) is 14.9. The summed E-state index contributed by atoms with van der Waals surface area (Å²) in [6, 6.07) is 0. The molecule has 116 valence electrons. The Morgan fingerprint density at radius 1 is 1.05 bits per heavy atom. The SMILES string of the molecule is CC(C)[C@@H](C)C=C[C@@H](C)C1CC[C@H]2[C@@H](O)CCC[C@]12C. The Hall–Kier alpha value is -0.300. The highest BCUT2D eigenvalue weighted by Crippen LogP contribution is 2.57. The van der Waals surface area contributed by atoms with E-state index in [1.807, 2.05) is 0 Å². The minimum absolute atomic E-state index is 0.0375. The van der Waals surface area contributed by atoms with Gasteiger partial charge in [-0.1, -0.05) is 53.2 Å². The topological polar surface area (TPSA) is 20.2 Å². The number of hydrogen-bond donors (Lipinski definition) is 1. The Balaban J connectivity index is 2.05. The van der Waals surface area contributed by atoms with Gasteiger partial charge in [0, 0.05) is 0 Å². The fraction of sp³-hybridized carbons (Fsp3) is 0.895. The molecule has 2 aliphatic rings. The first-order valence-corrected chi connectivity index (χ1v) is 8.72. The number of fused-ring (bicyclic) bond motifs is 1. The van der Waals surface area contributed by atoms with Gasteiger partial charge in [-0.2, -0.15) is 0 Å². The van der Waals surface area contributed by atoms with Gasteiger partial charge in [-0.15, -0.1) is 0 Å². The van der Waals surface area contributed by atoms with Gasteiger partial charge in [0.2, 0.25) is 0 Å². The minimum atomic E-state index is -0.0375. The van der Waals surface area contributed by atoms with Gasteiger partial charge in [0.1, 0.15) is 0 Å². The predicted octanol–water partition coefficient (Wildman–Crippen LogP) is 5.05. The van der Waals surface area contributed by atoms with Crippen LogP contribution in [0.1, 0.15) is 66.7 Å².